The van der Waals surface area contributed by atoms with Crippen molar-refractivity contribution in [1.82, 2.24) is 15.1 Å². The molecule has 0 bridgehead atoms. The van der Waals surface area contributed by atoms with Crippen molar-refractivity contribution in [2.75, 3.05) is 6.61 Å². The smallest absolute Gasteiger partial charge is 0.336 e. The van der Waals surface area contributed by atoms with Crippen LogP contribution >= 0.6 is 23.2 Å². The van der Waals surface area contributed by atoms with Crippen LogP contribution in [0.4, 0.5) is 0 Å². The zero-order chi connectivity index (χ0) is 26.1. The summed E-state index contributed by atoms with van der Waals surface area (Å²) >= 11 is 12.6. The number of ether oxygens (including phenoxy) is 1. The normalized spacial score (nSPS) is 17.5. The van der Waals surface area contributed by atoms with Crippen molar-refractivity contribution in [1.29, 1.82) is 0 Å². The minimum atomic E-state index is -0.590. The number of carbonyl (C=O) groups excluding carboxylic acids is 2. The van der Waals surface area contributed by atoms with Crippen LogP contribution < -0.4 is 5.32 Å². The van der Waals surface area contributed by atoms with Crippen LogP contribution in [0.25, 0.3) is 11.3 Å². The van der Waals surface area contributed by atoms with E-state index >= 15 is 0 Å². The molecule has 2 heterocycles. The van der Waals surface area contributed by atoms with Gasteiger partial charge in [0.25, 0.3) is 0 Å². The molecule has 0 unspecified atom stereocenters. The zero-order valence-electron chi connectivity index (χ0n) is 20.7. The molecule has 3 aromatic rings. The number of nitrogens with one attached hydrogen (secondary N) is 1. The van der Waals surface area contributed by atoms with E-state index < -0.39 is 11.9 Å². The van der Waals surface area contributed by atoms with Crippen molar-refractivity contribution in [3.8, 4) is 11.3 Å². The number of nitrogens with zero attached hydrogens (tertiary/aromatic N) is 2. The Kier molecular flexibility index (Phi) is 7.22. The molecule has 190 valence electrons. The van der Waals surface area contributed by atoms with Crippen molar-refractivity contribution >= 4 is 35.0 Å². The molecule has 2 aromatic carbocycles. The number of hydrogen-bond acceptors (Lipinski definition) is 5. The van der Waals surface area contributed by atoms with Crippen LogP contribution in [0.5, 0.6) is 0 Å². The maximum absolute atomic E-state index is 13.3. The number of benzene rings is 2. The van der Waals surface area contributed by atoms with Gasteiger partial charge in [0.05, 0.1) is 30.3 Å². The molecule has 1 aliphatic heterocycles. The quantitative estimate of drug-likeness (QED) is 0.368. The maximum atomic E-state index is 13.3. The number of ketones is 1. The fraction of sp³-hybridized carbons (Fsp3) is 0.276. The molecule has 2 aliphatic rings. The zero-order valence-corrected chi connectivity index (χ0v) is 22.2. The van der Waals surface area contributed by atoms with Crippen LogP contribution in [0.1, 0.15) is 50.2 Å². The highest BCUT2D eigenvalue weighted by molar-refractivity contribution is 6.35. The Hall–Kier alpha value is -3.35. The summed E-state index contributed by atoms with van der Waals surface area (Å²) in [5.74, 6) is -0.983. The molecule has 0 saturated heterocycles. The molecule has 5 rings (SSSR count). The molecule has 0 saturated carbocycles. The molecule has 0 spiro atoms. The fourth-order valence-corrected chi connectivity index (χ4v) is 5.62. The molecular formula is C29H27Cl2N3O3. The number of Topliss-reactive ketones (excluding diaryl/α,β-unsaturated/α-hetero) is 1. The Morgan fingerprint density at radius 3 is 2.68 bits per heavy atom. The third kappa shape index (κ3) is 4.96. The van der Waals surface area contributed by atoms with E-state index in [1.807, 2.05) is 49.5 Å². The van der Waals surface area contributed by atoms with Gasteiger partial charge in [-0.3, -0.25) is 9.48 Å². The third-order valence-corrected chi connectivity index (χ3v) is 7.35. The van der Waals surface area contributed by atoms with Gasteiger partial charge < -0.3 is 10.1 Å². The van der Waals surface area contributed by atoms with Crippen molar-refractivity contribution in [3.63, 3.8) is 0 Å². The lowest BCUT2D eigenvalue weighted by Crippen LogP contribution is -2.34. The number of esters is 1. The minimum absolute atomic E-state index is 0.0422. The molecule has 1 aliphatic carbocycles. The van der Waals surface area contributed by atoms with Gasteiger partial charge in [-0.05, 0) is 44.4 Å². The van der Waals surface area contributed by atoms with Gasteiger partial charge in [0.15, 0.2) is 5.78 Å². The highest BCUT2D eigenvalue weighted by atomic mass is 35.5. The number of rotatable bonds is 6. The molecule has 0 radical (unpaired) electrons. The van der Waals surface area contributed by atoms with E-state index in [1.165, 1.54) is 0 Å². The number of halogens is 2. The lowest BCUT2D eigenvalue weighted by atomic mass is 9.75. The Bertz CT molecular complexity index is 1440. The third-order valence-electron chi connectivity index (χ3n) is 6.77. The van der Waals surface area contributed by atoms with Crippen LogP contribution in [0, 0.1) is 0 Å². The van der Waals surface area contributed by atoms with Gasteiger partial charge in [-0.25, -0.2) is 4.79 Å². The van der Waals surface area contributed by atoms with Crippen molar-refractivity contribution < 1.29 is 14.3 Å². The molecule has 8 heteroatoms. The first-order chi connectivity index (χ1) is 17.9. The first kappa shape index (κ1) is 25.3. The van der Waals surface area contributed by atoms with Crippen LogP contribution in [-0.4, -0.2) is 28.1 Å². The molecule has 37 heavy (non-hydrogen) atoms. The minimum Gasteiger partial charge on any atom is -0.463 e. The first-order valence-electron chi connectivity index (χ1n) is 12.3. The molecule has 1 atom stereocenters. The Morgan fingerprint density at radius 2 is 1.95 bits per heavy atom. The Balaban J connectivity index is 1.70. The summed E-state index contributed by atoms with van der Waals surface area (Å²) in [5, 5.41) is 9.38. The van der Waals surface area contributed by atoms with E-state index in [4.69, 9.17) is 33.0 Å². The molecule has 0 amide bonds. The summed E-state index contributed by atoms with van der Waals surface area (Å²) in [5.41, 5.74) is 5.88. The van der Waals surface area contributed by atoms with Gasteiger partial charge in [0.2, 0.25) is 0 Å². The van der Waals surface area contributed by atoms with Crippen LogP contribution in [-0.2, 0) is 20.9 Å². The molecule has 0 fully saturated rings. The fourth-order valence-electron chi connectivity index (χ4n) is 5.15. The average molecular weight is 536 g/mol. The SMILES string of the molecule is CCOC(=O)C1=C(C)NC2=C(C(=O)CCC2)[C@@H]1c1cn(Cc2ccc(Cl)cc2Cl)nc1-c1ccccc1. The standard InChI is InChI=1S/C29H27Cl2N3O3/c1-3-37-29(36)25-17(2)32-23-10-7-11-24(35)27(23)26(25)21-16-34(15-19-12-13-20(30)14-22(19)31)33-28(21)18-8-5-4-6-9-18/h4-6,8-9,12-14,16,26,32H,3,7,10-11,15H2,1-2H3/t26-/m1/s1. The Labute approximate surface area is 225 Å². The summed E-state index contributed by atoms with van der Waals surface area (Å²) < 4.78 is 7.27. The van der Waals surface area contributed by atoms with Crippen molar-refractivity contribution in [2.45, 2.75) is 45.6 Å². The van der Waals surface area contributed by atoms with E-state index in [9.17, 15) is 9.59 Å². The number of hydrogen-bond donors (Lipinski definition) is 1. The first-order valence-corrected chi connectivity index (χ1v) is 13.1. The topological polar surface area (TPSA) is 73.2 Å². The van der Waals surface area contributed by atoms with E-state index in [0.29, 0.717) is 45.5 Å². The Morgan fingerprint density at radius 1 is 1.16 bits per heavy atom. The van der Waals surface area contributed by atoms with Crippen LogP contribution in [0.15, 0.2) is 77.3 Å². The van der Waals surface area contributed by atoms with Crippen molar-refractivity contribution in [3.05, 3.63) is 98.4 Å². The van der Waals surface area contributed by atoms with E-state index in [0.717, 1.165) is 35.2 Å². The lowest BCUT2D eigenvalue weighted by molar-refractivity contribution is -0.138. The number of dihydropyridines is 1. The number of aromatic nitrogens is 2. The predicted molar refractivity (Wildman–Crippen MR) is 144 cm³/mol. The average Bonchev–Trinajstić information content (AvgIpc) is 3.29. The second-order valence-corrected chi connectivity index (χ2v) is 10.1. The van der Waals surface area contributed by atoms with Crippen LogP contribution in [0.2, 0.25) is 10.0 Å². The highest BCUT2D eigenvalue weighted by Crippen LogP contribution is 2.45. The van der Waals surface area contributed by atoms with Crippen LogP contribution in [0.3, 0.4) is 0 Å². The second kappa shape index (κ2) is 10.6. The number of allylic oxidation sites excluding steroid dienone is 3. The van der Waals surface area contributed by atoms with E-state index in [2.05, 4.69) is 5.32 Å². The van der Waals surface area contributed by atoms with Gasteiger partial charge in [0.1, 0.15) is 0 Å². The van der Waals surface area contributed by atoms with E-state index in [1.54, 1.807) is 23.7 Å². The van der Waals surface area contributed by atoms with Gasteiger partial charge in [-0.15, -0.1) is 0 Å². The predicted octanol–water partition coefficient (Wildman–Crippen LogP) is 6.44. The summed E-state index contributed by atoms with van der Waals surface area (Å²) in [6.45, 7) is 4.28. The molecule has 1 N–H and O–H groups in total. The van der Waals surface area contributed by atoms with Crippen molar-refractivity contribution in [2.24, 2.45) is 0 Å². The summed E-state index contributed by atoms with van der Waals surface area (Å²) in [4.78, 5) is 26.6. The molecule has 6 nitrogen and oxygen atoms in total. The van der Waals surface area contributed by atoms with Gasteiger partial charge in [-0.2, -0.15) is 5.10 Å². The van der Waals surface area contributed by atoms with Gasteiger partial charge in [0, 0.05) is 50.8 Å². The van der Waals surface area contributed by atoms with Gasteiger partial charge >= 0.3 is 5.97 Å². The number of carbonyl (C=O) groups is 2. The van der Waals surface area contributed by atoms with Gasteiger partial charge in [-0.1, -0.05) is 59.6 Å². The molecular weight excluding hydrogens is 509 g/mol. The maximum Gasteiger partial charge on any atom is 0.336 e. The largest absolute Gasteiger partial charge is 0.463 e. The summed E-state index contributed by atoms with van der Waals surface area (Å²) in [7, 11) is 0. The van der Waals surface area contributed by atoms with E-state index in [-0.39, 0.29) is 12.4 Å². The molecule has 1 aromatic heterocycles. The summed E-state index contributed by atoms with van der Waals surface area (Å²) in [6.07, 6.45) is 3.89. The monoisotopic (exact) mass is 535 g/mol. The lowest BCUT2D eigenvalue weighted by Gasteiger charge is -2.34. The highest BCUT2D eigenvalue weighted by Gasteiger charge is 2.41. The summed E-state index contributed by atoms with van der Waals surface area (Å²) in [6, 6.07) is 15.2. The second-order valence-electron chi connectivity index (χ2n) is 9.22.